The van der Waals surface area contributed by atoms with Crippen LogP contribution in [0, 0.1) is 0 Å². The van der Waals surface area contributed by atoms with Crippen molar-refractivity contribution in [2.75, 3.05) is 57.5 Å². The maximum Gasteiger partial charge on any atom is 0.273 e. The summed E-state index contributed by atoms with van der Waals surface area (Å²) < 4.78 is 23.9. The molecule has 1 amide bonds. The highest BCUT2D eigenvalue weighted by molar-refractivity contribution is 7.22. The Labute approximate surface area is 196 Å². The van der Waals surface area contributed by atoms with Crippen molar-refractivity contribution >= 4 is 32.6 Å². The van der Waals surface area contributed by atoms with Crippen LogP contribution in [0.15, 0.2) is 42.5 Å². The number of carbonyl (C=O) groups is 1. The minimum atomic E-state index is -0.726. The van der Waals surface area contributed by atoms with Gasteiger partial charge in [0.05, 0.1) is 30.0 Å². The number of benzene rings is 2. The molecule has 2 aromatic carbocycles. The minimum Gasteiger partial charge on any atom is -0.494 e. The number of amides is 1. The van der Waals surface area contributed by atoms with Crippen LogP contribution in [-0.4, -0.2) is 74.5 Å². The first-order valence-corrected chi connectivity index (χ1v) is 12.1. The molecule has 2 aliphatic heterocycles. The van der Waals surface area contributed by atoms with Crippen LogP contribution in [0.3, 0.4) is 0 Å². The van der Waals surface area contributed by atoms with E-state index in [4.69, 9.17) is 23.9 Å². The third kappa shape index (κ3) is 4.90. The Morgan fingerprint density at radius 2 is 2.03 bits per heavy atom. The van der Waals surface area contributed by atoms with Crippen LogP contribution in [0.4, 0.5) is 5.13 Å². The van der Waals surface area contributed by atoms with Crippen molar-refractivity contribution in [1.82, 2.24) is 9.88 Å². The Balaban J connectivity index is 1.40. The molecule has 0 bridgehead atoms. The molecule has 174 valence electrons. The molecule has 0 saturated carbocycles. The van der Waals surface area contributed by atoms with Crippen molar-refractivity contribution < 1.29 is 23.7 Å². The van der Waals surface area contributed by atoms with Crippen LogP contribution in [-0.2, 0) is 9.53 Å². The van der Waals surface area contributed by atoms with Gasteiger partial charge in [-0.2, -0.15) is 0 Å². The van der Waals surface area contributed by atoms with Crippen LogP contribution in [0.1, 0.15) is 6.92 Å². The molecule has 5 rings (SSSR count). The number of hydrogen-bond donors (Lipinski definition) is 0. The summed E-state index contributed by atoms with van der Waals surface area (Å²) in [6.45, 7) is 7.12. The average Bonchev–Trinajstić information content (AvgIpc) is 3.27. The van der Waals surface area contributed by atoms with Gasteiger partial charge < -0.3 is 18.9 Å². The van der Waals surface area contributed by atoms with Gasteiger partial charge in [-0.1, -0.05) is 23.5 Å². The Hall–Kier alpha value is -2.88. The van der Waals surface area contributed by atoms with Gasteiger partial charge in [-0.15, -0.1) is 0 Å². The molecule has 1 fully saturated rings. The third-order valence-corrected chi connectivity index (χ3v) is 6.73. The lowest BCUT2D eigenvalue weighted by atomic mass is 10.2. The highest BCUT2D eigenvalue weighted by atomic mass is 32.1. The van der Waals surface area contributed by atoms with Crippen molar-refractivity contribution in [1.29, 1.82) is 0 Å². The lowest BCUT2D eigenvalue weighted by Gasteiger charge is -2.32. The normalized spacial score (nSPS) is 18.3. The summed E-state index contributed by atoms with van der Waals surface area (Å²) >= 11 is 1.48. The molecule has 2 aliphatic rings. The van der Waals surface area contributed by atoms with E-state index >= 15 is 0 Å². The van der Waals surface area contributed by atoms with Crippen molar-refractivity contribution in [3.63, 3.8) is 0 Å². The molecule has 9 heteroatoms. The summed E-state index contributed by atoms with van der Waals surface area (Å²) in [5.74, 6) is 1.89. The average molecular weight is 470 g/mol. The molecule has 0 spiro atoms. The van der Waals surface area contributed by atoms with Crippen molar-refractivity contribution in [2.45, 2.75) is 13.0 Å². The summed E-state index contributed by atoms with van der Waals surface area (Å²) in [4.78, 5) is 22.5. The van der Waals surface area contributed by atoms with Gasteiger partial charge in [0.2, 0.25) is 6.10 Å². The molecule has 3 aromatic rings. The van der Waals surface area contributed by atoms with Crippen LogP contribution in [0.25, 0.3) is 10.2 Å². The summed E-state index contributed by atoms with van der Waals surface area (Å²) in [5.41, 5.74) is 0.841. The van der Waals surface area contributed by atoms with Gasteiger partial charge >= 0.3 is 0 Å². The predicted molar refractivity (Wildman–Crippen MR) is 127 cm³/mol. The number of para-hydroxylation sites is 2. The van der Waals surface area contributed by atoms with Gasteiger partial charge in [-0.05, 0) is 37.3 Å². The van der Waals surface area contributed by atoms with Crippen molar-refractivity contribution in [3.8, 4) is 17.2 Å². The van der Waals surface area contributed by atoms with Gasteiger partial charge in [0.1, 0.15) is 12.4 Å². The van der Waals surface area contributed by atoms with E-state index in [1.807, 2.05) is 49.4 Å². The van der Waals surface area contributed by atoms with E-state index < -0.39 is 6.10 Å². The number of anilines is 1. The van der Waals surface area contributed by atoms with Gasteiger partial charge in [-0.3, -0.25) is 14.6 Å². The largest absolute Gasteiger partial charge is 0.494 e. The van der Waals surface area contributed by atoms with Crippen LogP contribution < -0.4 is 19.1 Å². The maximum absolute atomic E-state index is 13.6. The molecule has 1 aromatic heterocycles. The Kier molecular flexibility index (Phi) is 6.61. The fraction of sp³-hybridized carbons (Fsp3) is 0.417. The number of fused-ring (bicyclic) bond motifs is 2. The summed E-state index contributed by atoms with van der Waals surface area (Å²) in [6, 6.07) is 13.2. The zero-order chi connectivity index (χ0) is 22.6. The summed E-state index contributed by atoms with van der Waals surface area (Å²) in [7, 11) is 0. The number of aromatic nitrogens is 1. The molecule has 0 radical (unpaired) electrons. The first-order chi connectivity index (χ1) is 16.2. The highest BCUT2D eigenvalue weighted by Gasteiger charge is 2.33. The number of nitrogens with zero attached hydrogens (tertiary/aromatic N) is 3. The van der Waals surface area contributed by atoms with Crippen LogP contribution >= 0.6 is 11.3 Å². The van der Waals surface area contributed by atoms with E-state index in [9.17, 15) is 4.79 Å². The molecule has 8 nitrogen and oxygen atoms in total. The second-order valence-corrected chi connectivity index (χ2v) is 8.88. The molecular weight excluding hydrogens is 442 g/mol. The van der Waals surface area contributed by atoms with Crippen LogP contribution in [0.2, 0.25) is 0 Å². The third-order valence-electron chi connectivity index (χ3n) is 5.68. The smallest absolute Gasteiger partial charge is 0.273 e. The van der Waals surface area contributed by atoms with Gasteiger partial charge in [0.25, 0.3) is 5.91 Å². The number of thiazole rings is 1. The van der Waals surface area contributed by atoms with Crippen molar-refractivity contribution in [2.24, 2.45) is 0 Å². The monoisotopic (exact) mass is 469 g/mol. The van der Waals surface area contributed by atoms with E-state index in [0.717, 1.165) is 35.6 Å². The Morgan fingerprint density at radius 1 is 1.21 bits per heavy atom. The molecule has 1 atom stereocenters. The molecule has 0 aliphatic carbocycles. The van der Waals surface area contributed by atoms with E-state index in [2.05, 4.69) is 4.90 Å². The minimum absolute atomic E-state index is 0.151. The molecule has 3 heterocycles. The maximum atomic E-state index is 13.6. The predicted octanol–water partition coefficient (Wildman–Crippen LogP) is 3.20. The fourth-order valence-electron chi connectivity index (χ4n) is 3.95. The van der Waals surface area contributed by atoms with E-state index in [1.54, 1.807) is 4.90 Å². The first-order valence-electron chi connectivity index (χ1n) is 11.2. The van der Waals surface area contributed by atoms with E-state index in [1.165, 1.54) is 11.3 Å². The topological polar surface area (TPSA) is 73.4 Å². The van der Waals surface area contributed by atoms with E-state index in [0.29, 0.717) is 43.0 Å². The lowest BCUT2D eigenvalue weighted by molar-refractivity contribution is -0.127. The fourth-order valence-corrected chi connectivity index (χ4v) is 4.97. The van der Waals surface area contributed by atoms with Gasteiger partial charge in [0, 0.05) is 26.2 Å². The zero-order valence-corrected chi connectivity index (χ0v) is 19.4. The first kappa shape index (κ1) is 21.9. The Bertz CT molecular complexity index is 1110. The number of morpholine rings is 1. The number of hydrogen-bond acceptors (Lipinski definition) is 8. The Morgan fingerprint density at radius 3 is 2.85 bits per heavy atom. The van der Waals surface area contributed by atoms with Crippen LogP contribution in [0.5, 0.6) is 17.2 Å². The quantitative estimate of drug-likeness (QED) is 0.526. The molecule has 33 heavy (non-hydrogen) atoms. The molecule has 1 unspecified atom stereocenters. The highest BCUT2D eigenvalue weighted by Crippen LogP contribution is 2.34. The standard InChI is InChI=1S/C24H27N3O5S/c1-2-30-17-7-8-18-22(15-17)33-24(25-18)27(10-9-26-11-13-29-14-12-26)23(28)21-16-31-19-5-3-4-6-20(19)32-21/h3-8,15,21H,2,9-14,16H2,1H3. The number of rotatable bonds is 7. The molecular formula is C24H27N3O5S. The summed E-state index contributed by atoms with van der Waals surface area (Å²) in [5, 5.41) is 0.652. The van der Waals surface area contributed by atoms with E-state index in [-0.39, 0.29) is 12.5 Å². The lowest BCUT2D eigenvalue weighted by Crippen LogP contribution is -2.49. The van der Waals surface area contributed by atoms with Crippen molar-refractivity contribution in [3.05, 3.63) is 42.5 Å². The second kappa shape index (κ2) is 9.94. The number of carbonyl (C=O) groups excluding carboxylic acids is 1. The molecule has 0 N–H and O–H groups in total. The van der Waals surface area contributed by atoms with Gasteiger partial charge in [-0.25, -0.2) is 4.98 Å². The number of ether oxygens (including phenoxy) is 4. The molecule has 1 saturated heterocycles. The SMILES string of the molecule is CCOc1ccc2nc(N(CCN3CCOCC3)C(=O)C3COc4ccccc4O3)sc2c1. The van der Waals surface area contributed by atoms with Gasteiger partial charge in [0.15, 0.2) is 16.6 Å². The summed E-state index contributed by atoms with van der Waals surface area (Å²) in [6.07, 6.45) is -0.726. The zero-order valence-electron chi connectivity index (χ0n) is 18.6. The second-order valence-electron chi connectivity index (χ2n) is 7.87.